The van der Waals surface area contributed by atoms with Gasteiger partial charge in [-0.15, -0.1) is 0 Å². The summed E-state index contributed by atoms with van der Waals surface area (Å²) in [6.07, 6.45) is 1.29. The monoisotopic (exact) mass is 438 g/mol. The van der Waals surface area contributed by atoms with Crippen molar-refractivity contribution in [3.63, 3.8) is 0 Å². The summed E-state index contributed by atoms with van der Waals surface area (Å²) in [7, 11) is -0.206. The van der Waals surface area contributed by atoms with Crippen molar-refractivity contribution in [1.29, 1.82) is 0 Å². The second-order valence-corrected chi connectivity index (χ2v) is 9.15. The van der Waals surface area contributed by atoms with Crippen LogP contribution in [-0.2, 0) is 21.4 Å². The van der Waals surface area contributed by atoms with Crippen molar-refractivity contribution in [2.45, 2.75) is 26.3 Å². The van der Waals surface area contributed by atoms with Crippen molar-refractivity contribution in [2.75, 3.05) is 33.1 Å². The number of benzene rings is 1. The summed E-state index contributed by atoms with van der Waals surface area (Å²) in [6.45, 7) is 2.31. The molecule has 0 spiro atoms. The van der Waals surface area contributed by atoms with Crippen LogP contribution in [0.5, 0.6) is 11.5 Å². The molecule has 10 nitrogen and oxygen atoms in total. The number of rotatable bonds is 8. The zero-order valence-electron chi connectivity index (χ0n) is 17.3. The first kappa shape index (κ1) is 22.0. The molecule has 0 saturated carbocycles. The topological polar surface area (TPSA) is 124 Å². The molecule has 3 rings (SSSR count). The molecular weight excluding hydrogens is 412 g/mol. The van der Waals surface area contributed by atoms with Crippen LogP contribution < -0.4 is 14.8 Å². The largest absolute Gasteiger partial charge is 0.497 e. The minimum absolute atomic E-state index is 0.0287. The van der Waals surface area contributed by atoms with Crippen LogP contribution in [0, 0.1) is 5.92 Å². The molecule has 1 atom stereocenters. The Hall–Kier alpha value is -2.66. The van der Waals surface area contributed by atoms with Crippen LogP contribution in [0.15, 0.2) is 22.7 Å². The fourth-order valence-electron chi connectivity index (χ4n) is 3.32. The van der Waals surface area contributed by atoms with Gasteiger partial charge in [0.1, 0.15) is 11.5 Å². The highest BCUT2D eigenvalue weighted by Crippen LogP contribution is 2.31. The van der Waals surface area contributed by atoms with Crippen LogP contribution in [0.25, 0.3) is 11.4 Å². The number of nitrogens with one attached hydrogen (secondary N) is 1. The smallest absolute Gasteiger partial charge is 0.246 e. The first-order valence-electron chi connectivity index (χ1n) is 9.68. The lowest BCUT2D eigenvalue weighted by molar-refractivity contribution is -0.126. The summed E-state index contributed by atoms with van der Waals surface area (Å²) < 4.78 is 41.3. The molecular formula is C19H26N4O6S. The van der Waals surface area contributed by atoms with Crippen molar-refractivity contribution in [2.24, 2.45) is 5.92 Å². The zero-order valence-corrected chi connectivity index (χ0v) is 18.1. The number of ether oxygens (including phenoxy) is 2. The molecule has 1 aromatic heterocycles. The molecule has 1 amide bonds. The molecule has 1 N–H and O–H groups in total. The normalized spacial score (nSPS) is 17.5. The summed E-state index contributed by atoms with van der Waals surface area (Å²) >= 11 is 0. The second kappa shape index (κ2) is 9.43. The molecule has 1 aliphatic heterocycles. The Kier molecular flexibility index (Phi) is 6.93. The molecule has 0 aliphatic carbocycles. The van der Waals surface area contributed by atoms with E-state index in [2.05, 4.69) is 15.5 Å². The third kappa shape index (κ3) is 4.90. The highest BCUT2D eigenvalue weighted by molar-refractivity contribution is 7.89. The van der Waals surface area contributed by atoms with Gasteiger partial charge in [0.2, 0.25) is 27.6 Å². The zero-order chi connectivity index (χ0) is 21.7. The Morgan fingerprint density at radius 2 is 2.13 bits per heavy atom. The summed E-state index contributed by atoms with van der Waals surface area (Å²) in [6, 6.07) is 5.23. The van der Waals surface area contributed by atoms with Gasteiger partial charge in [0.15, 0.2) is 0 Å². The Balaban J connectivity index is 1.62. The standard InChI is InChI=1S/C19H26N4O6S/c1-4-30(25,26)23-9-5-6-13(12-23)19(24)20-11-17-21-18(22-29-17)15-8-7-14(27-2)10-16(15)28-3/h7-8,10,13H,4-6,9,11-12H2,1-3H3,(H,20,24). The van der Waals surface area contributed by atoms with Gasteiger partial charge >= 0.3 is 0 Å². The van der Waals surface area contributed by atoms with Gasteiger partial charge < -0.3 is 19.3 Å². The van der Waals surface area contributed by atoms with Crippen LogP contribution in [0.1, 0.15) is 25.7 Å². The molecule has 1 saturated heterocycles. The van der Waals surface area contributed by atoms with Gasteiger partial charge in [-0.05, 0) is 31.9 Å². The molecule has 1 aromatic carbocycles. The lowest BCUT2D eigenvalue weighted by Gasteiger charge is -2.30. The Morgan fingerprint density at radius 3 is 2.83 bits per heavy atom. The minimum atomic E-state index is -3.30. The van der Waals surface area contributed by atoms with Crippen molar-refractivity contribution in [1.82, 2.24) is 19.8 Å². The van der Waals surface area contributed by atoms with Gasteiger partial charge in [-0.2, -0.15) is 4.98 Å². The van der Waals surface area contributed by atoms with E-state index in [1.165, 1.54) is 11.4 Å². The van der Waals surface area contributed by atoms with E-state index in [1.807, 2.05) is 0 Å². The van der Waals surface area contributed by atoms with E-state index < -0.39 is 15.9 Å². The molecule has 1 unspecified atom stereocenters. The predicted octanol–water partition coefficient (Wildman–Crippen LogP) is 1.43. The average Bonchev–Trinajstić information content (AvgIpc) is 3.25. The van der Waals surface area contributed by atoms with Crippen LogP contribution in [0.4, 0.5) is 0 Å². The van der Waals surface area contributed by atoms with E-state index in [9.17, 15) is 13.2 Å². The second-order valence-electron chi connectivity index (χ2n) is 6.89. The molecule has 1 aliphatic rings. The quantitative estimate of drug-likeness (QED) is 0.656. The molecule has 30 heavy (non-hydrogen) atoms. The lowest BCUT2D eigenvalue weighted by atomic mass is 9.99. The molecule has 0 radical (unpaired) electrons. The maximum atomic E-state index is 12.5. The Morgan fingerprint density at radius 1 is 1.33 bits per heavy atom. The summed E-state index contributed by atoms with van der Waals surface area (Å²) in [5, 5.41) is 6.71. The number of hydrogen-bond acceptors (Lipinski definition) is 8. The lowest BCUT2D eigenvalue weighted by Crippen LogP contribution is -2.45. The molecule has 11 heteroatoms. The van der Waals surface area contributed by atoms with Crippen LogP contribution in [0.2, 0.25) is 0 Å². The van der Waals surface area contributed by atoms with E-state index in [1.54, 1.807) is 32.2 Å². The van der Waals surface area contributed by atoms with E-state index in [-0.39, 0.29) is 30.6 Å². The van der Waals surface area contributed by atoms with E-state index >= 15 is 0 Å². The third-order valence-electron chi connectivity index (χ3n) is 5.04. The van der Waals surface area contributed by atoms with Crippen molar-refractivity contribution >= 4 is 15.9 Å². The fourth-order valence-corrected chi connectivity index (χ4v) is 4.50. The highest BCUT2D eigenvalue weighted by atomic mass is 32.2. The maximum absolute atomic E-state index is 12.5. The summed E-state index contributed by atoms with van der Waals surface area (Å²) in [5.41, 5.74) is 0.632. The van der Waals surface area contributed by atoms with Crippen LogP contribution >= 0.6 is 0 Å². The first-order chi connectivity index (χ1) is 14.4. The Bertz CT molecular complexity index is 991. The van der Waals surface area contributed by atoms with Gasteiger partial charge in [0, 0.05) is 19.2 Å². The third-order valence-corrected chi connectivity index (χ3v) is 6.89. The number of aromatic nitrogens is 2. The number of sulfonamides is 1. The average molecular weight is 439 g/mol. The first-order valence-corrected chi connectivity index (χ1v) is 11.3. The van der Waals surface area contributed by atoms with Crippen LogP contribution in [0.3, 0.4) is 0 Å². The van der Waals surface area contributed by atoms with Crippen molar-refractivity contribution in [3.8, 4) is 22.9 Å². The molecule has 1 fully saturated rings. The summed E-state index contributed by atoms with van der Waals surface area (Å²) in [4.78, 5) is 16.8. The van der Waals surface area contributed by atoms with Gasteiger partial charge in [0.05, 0.1) is 38.0 Å². The van der Waals surface area contributed by atoms with Gasteiger partial charge in [-0.1, -0.05) is 5.16 Å². The Labute approximate surface area is 175 Å². The molecule has 2 heterocycles. The number of amides is 1. The van der Waals surface area contributed by atoms with Gasteiger partial charge in [0.25, 0.3) is 0 Å². The van der Waals surface area contributed by atoms with Crippen LogP contribution in [-0.4, -0.2) is 61.8 Å². The fraction of sp³-hybridized carbons (Fsp3) is 0.526. The van der Waals surface area contributed by atoms with E-state index in [0.717, 1.165) is 0 Å². The van der Waals surface area contributed by atoms with Crippen molar-refractivity contribution in [3.05, 3.63) is 24.1 Å². The van der Waals surface area contributed by atoms with E-state index in [4.69, 9.17) is 14.0 Å². The summed E-state index contributed by atoms with van der Waals surface area (Å²) in [5.74, 6) is 1.14. The maximum Gasteiger partial charge on any atom is 0.246 e. The van der Waals surface area contributed by atoms with Gasteiger partial charge in [-0.25, -0.2) is 12.7 Å². The molecule has 164 valence electrons. The number of nitrogens with zero attached hydrogens (tertiary/aromatic N) is 3. The molecule has 2 aromatic rings. The number of hydrogen-bond donors (Lipinski definition) is 1. The highest BCUT2D eigenvalue weighted by Gasteiger charge is 2.31. The molecule has 0 bridgehead atoms. The number of methoxy groups -OCH3 is 2. The predicted molar refractivity (Wildman–Crippen MR) is 108 cm³/mol. The minimum Gasteiger partial charge on any atom is -0.497 e. The number of piperidine rings is 1. The SMILES string of the molecule is CCS(=O)(=O)N1CCCC(C(=O)NCc2nc(-c3ccc(OC)cc3OC)no2)C1. The number of carbonyl (C=O) groups excluding carboxylic acids is 1. The number of carbonyl (C=O) groups is 1. The van der Waals surface area contributed by atoms with Gasteiger partial charge in [-0.3, -0.25) is 4.79 Å². The van der Waals surface area contributed by atoms with E-state index in [0.29, 0.717) is 42.3 Å². The van der Waals surface area contributed by atoms with Crippen molar-refractivity contribution < 1.29 is 27.2 Å².